The molecule has 0 saturated carbocycles. The number of aromatic nitrogens is 3. The maximum atomic E-state index is 12.6. The third-order valence-corrected chi connectivity index (χ3v) is 4.88. The number of hydrogen-bond donors (Lipinski definition) is 1. The van der Waals surface area contributed by atoms with Gasteiger partial charge in [-0.15, -0.1) is 11.3 Å². The van der Waals surface area contributed by atoms with E-state index in [9.17, 15) is 4.79 Å². The van der Waals surface area contributed by atoms with Crippen molar-refractivity contribution in [1.82, 2.24) is 24.8 Å². The van der Waals surface area contributed by atoms with Gasteiger partial charge >= 0.3 is 0 Å². The van der Waals surface area contributed by atoms with Crippen LogP contribution in [0.5, 0.6) is 0 Å². The number of thiazole rings is 1. The van der Waals surface area contributed by atoms with Gasteiger partial charge in [0.25, 0.3) is 5.91 Å². The quantitative estimate of drug-likeness (QED) is 0.937. The molecular formula is C14H19N5OS. The first-order valence-corrected chi connectivity index (χ1v) is 8.01. The van der Waals surface area contributed by atoms with Crippen molar-refractivity contribution in [2.45, 2.75) is 19.9 Å². The van der Waals surface area contributed by atoms with E-state index in [2.05, 4.69) is 26.8 Å². The van der Waals surface area contributed by atoms with E-state index in [1.54, 1.807) is 11.7 Å². The fourth-order valence-corrected chi connectivity index (χ4v) is 3.52. The zero-order valence-electron chi connectivity index (χ0n) is 12.2. The van der Waals surface area contributed by atoms with Crippen molar-refractivity contribution in [2.24, 2.45) is 0 Å². The van der Waals surface area contributed by atoms with E-state index in [0.29, 0.717) is 6.54 Å². The van der Waals surface area contributed by atoms with Gasteiger partial charge in [-0.2, -0.15) is 0 Å². The van der Waals surface area contributed by atoms with Crippen molar-refractivity contribution in [3.63, 3.8) is 0 Å². The van der Waals surface area contributed by atoms with Crippen LogP contribution in [0.1, 0.15) is 34.2 Å². The fourth-order valence-electron chi connectivity index (χ4n) is 2.75. The normalized spacial score (nSPS) is 19.9. The molecule has 1 atom stereocenters. The van der Waals surface area contributed by atoms with Gasteiger partial charge in [-0.3, -0.25) is 9.69 Å². The van der Waals surface area contributed by atoms with E-state index in [4.69, 9.17) is 0 Å². The molecule has 0 unspecified atom stereocenters. The number of aryl methyl sites for hydroxylation is 1. The summed E-state index contributed by atoms with van der Waals surface area (Å²) in [6, 6.07) is 0.135. The number of likely N-dealkylation sites (N-methyl/N-ethyl adjacent to an activating group) is 1. The number of nitrogens with zero attached hydrogens (tertiary/aromatic N) is 4. The summed E-state index contributed by atoms with van der Waals surface area (Å²) in [5.41, 5.74) is 2.55. The summed E-state index contributed by atoms with van der Waals surface area (Å²) < 4.78 is 0. The predicted molar refractivity (Wildman–Crippen MR) is 81.3 cm³/mol. The second-order valence-electron chi connectivity index (χ2n) is 5.14. The first-order chi connectivity index (χ1) is 10.2. The predicted octanol–water partition coefficient (Wildman–Crippen LogP) is 1.69. The molecule has 1 fully saturated rings. The molecule has 0 bridgehead atoms. The Morgan fingerprint density at radius 1 is 1.48 bits per heavy atom. The van der Waals surface area contributed by atoms with E-state index in [-0.39, 0.29) is 11.9 Å². The van der Waals surface area contributed by atoms with Gasteiger partial charge in [0.2, 0.25) is 0 Å². The third-order valence-electron chi connectivity index (χ3n) is 3.96. The van der Waals surface area contributed by atoms with Gasteiger partial charge in [0, 0.05) is 32.0 Å². The Labute approximate surface area is 127 Å². The molecule has 1 saturated heterocycles. The van der Waals surface area contributed by atoms with E-state index >= 15 is 0 Å². The maximum absolute atomic E-state index is 12.6. The Kier molecular flexibility index (Phi) is 4.03. The number of rotatable bonds is 3. The van der Waals surface area contributed by atoms with E-state index in [1.165, 1.54) is 11.3 Å². The lowest BCUT2D eigenvalue weighted by molar-refractivity contribution is 0.0483. The number of amides is 1. The number of carbonyl (C=O) groups excluding carboxylic acids is 1. The number of imidazole rings is 1. The van der Waals surface area contributed by atoms with Crippen molar-refractivity contribution in [3.05, 3.63) is 34.3 Å². The molecule has 0 spiro atoms. The average molecular weight is 305 g/mol. The van der Waals surface area contributed by atoms with Crippen molar-refractivity contribution in [1.29, 1.82) is 0 Å². The van der Waals surface area contributed by atoms with Crippen molar-refractivity contribution < 1.29 is 4.79 Å². The van der Waals surface area contributed by atoms with E-state index in [1.807, 2.05) is 18.0 Å². The van der Waals surface area contributed by atoms with Gasteiger partial charge < -0.3 is 9.88 Å². The molecule has 0 aromatic carbocycles. The number of piperazine rings is 1. The molecule has 3 heterocycles. The molecule has 6 nitrogen and oxygen atoms in total. The summed E-state index contributed by atoms with van der Waals surface area (Å²) in [7, 11) is 0. The molecule has 1 aliphatic rings. The highest BCUT2D eigenvalue weighted by Crippen LogP contribution is 2.25. The monoisotopic (exact) mass is 305 g/mol. The fraction of sp³-hybridized carbons (Fsp3) is 0.500. The molecule has 2 aromatic heterocycles. The van der Waals surface area contributed by atoms with E-state index < -0.39 is 0 Å². The second kappa shape index (κ2) is 5.95. The summed E-state index contributed by atoms with van der Waals surface area (Å²) in [6.07, 6.45) is 3.59. The van der Waals surface area contributed by atoms with Crippen LogP contribution >= 0.6 is 11.3 Å². The SMILES string of the molecule is CCN1CCN(C(=O)c2scnc2C)C[C@@H]1c1ncc[nH]1. The van der Waals surface area contributed by atoms with Crippen molar-refractivity contribution in [2.75, 3.05) is 26.2 Å². The number of aromatic amines is 1. The van der Waals surface area contributed by atoms with Crippen LogP contribution in [0.4, 0.5) is 0 Å². The molecule has 21 heavy (non-hydrogen) atoms. The molecule has 2 aromatic rings. The van der Waals surface area contributed by atoms with Crippen LogP contribution in [0, 0.1) is 6.92 Å². The average Bonchev–Trinajstić information content (AvgIpc) is 3.17. The molecule has 0 radical (unpaired) electrons. The lowest BCUT2D eigenvalue weighted by Crippen LogP contribution is -2.50. The van der Waals surface area contributed by atoms with Gasteiger partial charge in [-0.25, -0.2) is 9.97 Å². The standard InChI is InChI=1S/C14H19N5OS/c1-3-18-6-7-19(8-11(18)13-15-4-5-16-13)14(20)12-10(2)17-9-21-12/h4-5,9,11H,3,6-8H2,1-2H3,(H,15,16)/t11-/m1/s1. The van der Waals surface area contributed by atoms with Crippen LogP contribution < -0.4 is 0 Å². The minimum absolute atomic E-state index is 0.0855. The van der Waals surface area contributed by atoms with Gasteiger partial charge in [0.05, 0.1) is 17.2 Å². The Morgan fingerprint density at radius 2 is 2.33 bits per heavy atom. The smallest absolute Gasteiger partial charge is 0.265 e. The lowest BCUT2D eigenvalue weighted by Gasteiger charge is -2.39. The number of carbonyl (C=O) groups is 1. The zero-order chi connectivity index (χ0) is 14.8. The van der Waals surface area contributed by atoms with Crippen LogP contribution in [-0.2, 0) is 0 Å². The Hall–Kier alpha value is -1.73. The van der Waals surface area contributed by atoms with Crippen molar-refractivity contribution in [3.8, 4) is 0 Å². The maximum Gasteiger partial charge on any atom is 0.265 e. The Balaban J connectivity index is 1.80. The number of nitrogens with one attached hydrogen (secondary N) is 1. The zero-order valence-corrected chi connectivity index (χ0v) is 13.1. The summed E-state index contributed by atoms with van der Waals surface area (Å²) >= 11 is 1.42. The lowest BCUT2D eigenvalue weighted by atomic mass is 10.1. The van der Waals surface area contributed by atoms with Crippen molar-refractivity contribution >= 4 is 17.2 Å². The van der Waals surface area contributed by atoms with Gasteiger partial charge in [0.1, 0.15) is 10.7 Å². The number of hydrogen-bond acceptors (Lipinski definition) is 5. The first-order valence-electron chi connectivity index (χ1n) is 7.13. The highest BCUT2D eigenvalue weighted by atomic mass is 32.1. The van der Waals surface area contributed by atoms with Crippen LogP contribution in [0.3, 0.4) is 0 Å². The highest BCUT2D eigenvalue weighted by molar-refractivity contribution is 7.11. The molecule has 0 aliphatic carbocycles. The molecule has 112 valence electrons. The third kappa shape index (κ3) is 2.71. The Morgan fingerprint density at radius 3 is 2.95 bits per heavy atom. The summed E-state index contributed by atoms with van der Waals surface area (Å²) in [5, 5.41) is 0. The Bertz CT molecular complexity index is 609. The number of H-pyrrole nitrogens is 1. The van der Waals surface area contributed by atoms with Crippen LogP contribution in [0.25, 0.3) is 0 Å². The largest absolute Gasteiger partial charge is 0.347 e. The molecule has 3 rings (SSSR count). The van der Waals surface area contributed by atoms with Gasteiger partial charge in [-0.05, 0) is 13.5 Å². The van der Waals surface area contributed by atoms with E-state index in [0.717, 1.165) is 36.0 Å². The molecule has 1 aliphatic heterocycles. The second-order valence-corrected chi connectivity index (χ2v) is 5.99. The first kappa shape index (κ1) is 14.2. The summed E-state index contributed by atoms with van der Waals surface area (Å²) in [6.45, 7) is 7.26. The van der Waals surface area contributed by atoms with Gasteiger partial charge in [-0.1, -0.05) is 6.92 Å². The molecule has 1 amide bonds. The summed E-state index contributed by atoms with van der Waals surface area (Å²) in [4.78, 5) is 29.4. The minimum atomic E-state index is 0.0855. The molecule has 7 heteroatoms. The van der Waals surface area contributed by atoms with Crippen LogP contribution in [-0.4, -0.2) is 56.8 Å². The van der Waals surface area contributed by atoms with Gasteiger partial charge in [0.15, 0.2) is 0 Å². The topological polar surface area (TPSA) is 65.1 Å². The highest BCUT2D eigenvalue weighted by Gasteiger charge is 2.32. The summed E-state index contributed by atoms with van der Waals surface area (Å²) in [5.74, 6) is 1.01. The molecule has 1 N–H and O–H groups in total. The van der Waals surface area contributed by atoms with Crippen LogP contribution in [0.15, 0.2) is 17.9 Å². The van der Waals surface area contributed by atoms with Crippen LogP contribution in [0.2, 0.25) is 0 Å². The molecular weight excluding hydrogens is 286 g/mol. The minimum Gasteiger partial charge on any atom is -0.347 e.